The SMILES string of the molecule is NCC(C(=O)O)c1cc2c(c(Br)c1F)OCCCO2. The van der Waals surface area contributed by atoms with Gasteiger partial charge in [-0.1, -0.05) is 0 Å². The summed E-state index contributed by atoms with van der Waals surface area (Å²) in [5, 5.41) is 9.07. The number of ether oxygens (including phenoxy) is 2. The minimum atomic E-state index is -1.18. The molecule has 1 aliphatic heterocycles. The number of benzene rings is 1. The first-order chi connectivity index (χ1) is 9.06. The lowest BCUT2D eigenvalue weighted by atomic mass is 9.98. The average molecular weight is 334 g/mol. The molecular formula is C12H13BrFNO4. The van der Waals surface area contributed by atoms with Crippen LogP contribution in [0.3, 0.4) is 0 Å². The van der Waals surface area contributed by atoms with Gasteiger partial charge in [-0.3, -0.25) is 4.79 Å². The van der Waals surface area contributed by atoms with Crippen molar-refractivity contribution in [2.24, 2.45) is 5.73 Å². The van der Waals surface area contributed by atoms with Crippen LogP contribution in [0.1, 0.15) is 17.9 Å². The van der Waals surface area contributed by atoms with Crippen molar-refractivity contribution in [3.8, 4) is 11.5 Å². The third kappa shape index (κ3) is 2.66. The summed E-state index contributed by atoms with van der Waals surface area (Å²) in [5.41, 5.74) is 5.39. The maximum absolute atomic E-state index is 14.2. The van der Waals surface area contributed by atoms with Crippen LogP contribution >= 0.6 is 15.9 Å². The van der Waals surface area contributed by atoms with Crippen LogP contribution < -0.4 is 15.2 Å². The van der Waals surface area contributed by atoms with Crippen molar-refractivity contribution in [3.05, 3.63) is 21.9 Å². The first kappa shape index (κ1) is 14.1. The molecule has 104 valence electrons. The highest BCUT2D eigenvalue weighted by Gasteiger charge is 2.28. The van der Waals surface area contributed by atoms with E-state index < -0.39 is 17.7 Å². The molecule has 0 bridgehead atoms. The Labute approximate surface area is 117 Å². The van der Waals surface area contributed by atoms with Crippen molar-refractivity contribution in [1.82, 2.24) is 0 Å². The summed E-state index contributed by atoms with van der Waals surface area (Å²) in [6.07, 6.45) is 0.678. The van der Waals surface area contributed by atoms with Gasteiger partial charge in [-0.25, -0.2) is 4.39 Å². The van der Waals surface area contributed by atoms with Gasteiger partial charge in [-0.15, -0.1) is 0 Å². The maximum atomic E-state index is 14.2. The highest BCUT2D eigenvalue weighted by Crippen LogP contribution is 2.42. The fourth-order valence-corrected chi connectivity index (χ4v) is 2.41. The van der Waals surface area contributed by atoms with Gasteiger partial charge in [0.2, 0.25) is 0 Å². The zero-order valence-corrected chi connectivity index (χ0v) is 11.6. The summed E-state index contributed by atoms with van der Waals surface area (Å²) in [6.45, 7) is 0.660. The number of carbonyl (C=O) groups is 1. The second-order valence-corrected chi connectivity index (χ2v) is 4.89. The van der Waals surface area contributed by atoms with Gasteiger partial charge < -0.3 is 20.3 Å². The summed E-state index contributed by atoms with van der Waals surface area (Å²) in [7, 11) is 0. The molecule has 2 rings (SSSR count). The van der Waals surface area contributed by atoms with Crippen LogP contribution in [0.4, 0.5) is 4.39 Å². The molecular weight excluding hydrogens is 321 g/mol. The van der Waals surface area contributed by atoms with Crippen LogP contribution in [0, 0.1) is 5.82 Å². The molecule has 0 saturated carbocycles. The molecule has 0 amide bonds. The van der Waals surface area contributed by atoms with Crippen LogP contribution in [-0.2, 0) is 4.79 Å². The molecule has 0 aromatic heterocycles. The van der Waals surface area contributed by atoms with E-state index in [1.54, 1.807) is 0 Å². The van der Waals surface area contributed by atoms with E-state index in [1.165, 1.54) is 6.07 Å². The summed E-state index contributed by atoms with van der Waals surface area (Å²) in [4.78, 5) is 11.1. The van der Waals surface area contributed by atoms with E-state index in [4.69, 9.17) is 20.3 Å². The molecule has 0 radical (unpaired) electrons. The van der Waals surface area contributed by atoms with E-state index in [0.29, 0.717) is 25.4 Å². The topological polar surface area (TPSA) is 81.8 Å². The molecule has 0 aliphatic carbocycles. The average Bonchev–Trinajstić information content (AvgIpc) is 2.61. The Hall–Kier alpha value is -1.34. The number of hydrogen-bond acceptors (Lipinski definition) is 4. The molecule has 5 nitrogen and oxygen atoms in total. The largest absolute Gasteiger partial charge is 0.490 e. The number of fused-ring (bicyclic) bond motifs is 1. The summed E-state index contributed by atoms with van der Waals surface area (Å²) in [6, 6.07) is 1.35. The Balaban J connectivity index is 2.54. The highest BCUT2D eigenvalue weighted by atomic mass is 79.9. The van der Waals surface area contributed by atoms with Crippen LogP contribution in [-0.4, -0.2) is 30.8 Å². The minimum absolute atomic E-state index is 0.00822. The number of rotatable bonds is 3. The van der Waals surface area contributed by atoms with E-state index in [-0.39, 0.29) is 22.3 Å². The number of halogens is 2. The molecule has 1 aliphatic rings. The monoisotopic (exact) mass is 333 g/mol. The lowest BCUT2D eigenvalue weighted by Gasteiger charge is -2.16. The molecule has 7 heteroatoms. The molecule has 1 atom stereocenters. The Kier molecular flexibility index (Phi) is 4.26. The van der Waals surface area contributed by atoms with Crippen molar-refractivity contribution in [3.63, 3.8) is 0 Å². The van der Waals surface area contributed by atoms with Crippen LogP contribution in [0.5, 0.6) is 11.5 Å². The molecule has 1 unspecified atom stereocenters. The third-order valence-corrected chi connectivity index (χ3v) is 3.57. The lowest BCUT2D eigenvalue weighted by Crippen LogP contribution is -2.22. The fourth-order valence-electron chi connectivity index (χ4n) is 1.88. The van der Waals surface area contributed by atoms with Gasteiger partial charge in [0.15, 0.2) is 11.5 Å². The van der Waals surface area contributed by atoms with Gasteiger partial charge >= 0.3 is 5.97 Å². The standard InChI is InChI=1S/C12H13BrFNO4/c13-9-10(14)6(7(5-15)12(16)17)4-8-11(9)19-3-1-2-18-8/h4,7H,1-3,5,15H2,(H,16,17). The lowest BCUT2D eigenvalue weighted by molar-refractivity contribution is -0.138. The van der Waals surface area contributed by atoms with Gasteiger partial charge in [0.05, 0.1) is 23.6 Å². The Bertz CT molecular complexity index is 509. The van der Waals surface area contributed by atoms with Gasteiger partial charge in [0, 0.05) is 18.5 Å². The fraction of sp³-hybridized carbons (Fsp3) is 0.417. The van der Waals surface area contributed by atoms with Crippen molar-refractivity contribution >= 4 is 21.9 Å². The first-order valence-electron chi connectivity index (χ1n) is 5.76. The van der Waals surface area contributed by atoms with Crippen LogP contribution in [0.25, 0.3) is 0 Å². The predicted molar refractivity (Wildman–Crippen MR) is 69.1 cm³/mol. The van der Waals surface area contributed by atoms with Crippen LogP contribution in [0.15, 0.2) is 10.5 Å². The zero-order chi connectivity index (χ0) is 14.0. The normalized spacial score (nSPS) is 15.7. The van der Waals surface area contributed by atoms with E-state index in [2.05, 4.69) is 15.9 Å². The van der Waals surface area contributed by atoms with E-state index in [9.17, 15) is 9.18 Å². The quantitative estimate of drug-likeness (QED) is 0.882. The van der Waals surface area contributed by atoms with Gasteiger partial charge in [0.25, 0.3) is 0 Å². The summed E-state index contributed by atoms with van der Waals surface area (Å²) < 4.78 is 25.1. The predicted octanol–water partition coefficient (Wildman–Crippen LogP) is 1.88. The summed E-state index contributed by atoms with van der Waals surface area (Å²) >= 11 is 3.08. The number of aliphatic carboxylic acids is 1. The van der Waals surface area contributed by atoms with E-state index in [1.807, 2.05) is 0 Å². The number of nitrogens with two attached hydrogens (primary N) is 1. The van der Waals surface area contributed by atoms with Gasteiger partial charge in [-0.05, 0) is 22.0 Å². The molecule has 19 heavy (non-hydrogen) atoms. The van der Waals surface area contributed by atoms with E-state index >= 15 is 0 Å². The number of carboxylic acids is 1. The Morgan fingerprint density at radius 1 is 1.53 bits per heavy atom. The van der Waals surface area contributed by atoms with Gasteiger partial charge in [-0.2, -0.15) is 0 Å². The minimum Gasteiger partial charge on any atom is -0.490 e. The van der Waals surface area contributed by atoms with Crippen molar-refractivity contribution < 1.29 is 23.8 Å². The molecule has 3 N–H and O–H groups in total. The molecule has 0 spiro atoms. The van der Waals surface area contributed by atoms with Crippen LogP contribution in [0.2, 0.25) is 0 Å². The molecule has 1 aromatic carbocycles. The Morgan fingerprint density at radius 3 is 2.84 bits per heavy atom. The molecule has 0 saturated heterocycles. The van der Waals surface area contributed by atoms with Crippen molar-refractivity contribution in [2.45, 2.75) is 12.3 Å². The molecule has 0 fully saturated rings. The Morgan fingerprint density at radius 2 is 2.21 bits per heavy atom. The second kappa shape index (κ2) is 5.75. The second-order valence-electron chi connectivity index (χ2n) is 4.10. The van der Waals surface area contributed by atoms with Gasteiger partial charge in [0.1, 0.15) is 5.82 Å². The molecule has 1 heterocycles. The third-order valence-electron chi connectivity index (χ3n) is 2.86. The highest BCUT2D eigenvalue weighted by molar-refractivity contribution is 9.10. The smallest absolute Gasteiger partial charge is 0.312 e. The van der Waals surface area contributed by atoms with Crippen molar-refractivity contribution in [2.75, 3.05) is 19.8 Å². The van der Waals surface area contributed by atoms with E-state index in [0.717, 1.165) is 0 Å². The first-order valence-corrected chi connectivity index (χ1v) is 6.56. The molecule has 1 aromatic rings. The zero-order valence-electron chi connectivity index (χ0n) is 9.99. The summed E-state index contributed by atoms with van der Waals surface area (Å²) in [5.74, 6) is -2.38. The number of hydrogen-bond donors (Lipinski definition) is 2. The number of carboxylic acid groups (broad SMARTS) is 1. The maximum Gasteiger partial charge on any atom is 0.312 e. The van der Waals surface area contributed by atoms with Crippen molar-refractivity contribution in [1.29, 1.82) is 0 Å².